The molecule has 0 saturated carbocycles. The molecule has 248 valence electrons. The Morgan fingerprint density at radius 2 is 1.51 bits per heavy atom. The van der Waals surface area contributed by atoms with Gasteiger partial charge in [0.05, 0.1) is 11.6 Å². The van der Waals surface area contributed by atoms with Crippen molar-refractivity contribution in [1.82, 2.24) is 15.0 Å². The van der Waals surface area contributed by atoms with E-state index in [0.717, 1.165) is 55.0 Å². The van der Waals surface area contributed by atoms with E-state index in [-0.39, 0.29) is 40.6 Å². The van der Waals surface area contributed by atoms with Crippen molar-refractivity contribution in [2.75, 3.05) is 22.9 Å². The first-order valence-electron chi connectivity index (χ1n) is 16.6. The lowest BCUT2D eigenvalue weighted by molar-refractivity contribution is -0.122. The van der Waals surface area contributed by atoms with E-state index in [4.69, 9.17) is 15.0 Å². The summed E-state index contributed by atoms with van der Waals surface area (Å²) >= 11 is 7.43. The van der Waals surface area contributed by atoms with E-state index >= 15 is 0 Å². The number of anilines is 2. The molecule has 45 heavy (non-hydrogen) atoms. The molecule has 11 heteroatoms. The molecule has 4 rings (SSSR count). The highest BCUT2D eigenvalue weighted by Crippen LogP contribution is 2.49. The normalized spacial score (nSPS) is 26.4. The van der Waals surface area contributed by atoms with Crippen LogP contribution in [0.1, 0.15) is 87.5 Å². The lowest BCUT2D eigenvalue weighted by Gasteiger charge is -2.34. The molecule has 0 bridgehead atoms. The maximum Gasteiger partial charge on any atom is 0.237 e. The summed E-state index contributed by atoms with van der Waals surface area (Å²) in [6.07, 6.45) is 4.69. The summed E-state index contributed by atoms with van der Waals surface area (Å²) in [5.74, 6) is 0.251. The van der Waals surface area contributed by atoms with Gasteiger partial charge in [0.15, 0.2) is 10.3 Å². The van der Waals surface area contributed by atoms with E-state index in [0.29, 0.717) is 26.7 Å². The summed E-state index contributed by atoms with van der Waals surface area (Å²) in [7, 11) is 0. The third-order valence-electron chi connectivity index (χ3n) is 8.61. The van der Waals surface area contributed by atoms with Gasteiger partial charge in [-0.3, -0.25) is 14.5 Å². The van der Waals surface area contributed by atoms with Gasteiger partial charge in [-0.25, -0.2) is 0 Å². The Labute approximate surface area is 288 Å². The van der Waals surface area contributed by atoms with Crippen LogP contribution in [0.15, 0.2) is 40.6 Å². The number of carbonyl (C=O) groups excluding carboxylic acids is 2. The van der Waals surface area contributed by atoms with Gasteiger partial charge in [-0.1, -0.05) is 110 Å². The van der Waals surface area contributed by atoms with Crippen LogP contribution in [0, 0.1) is 11.8 Å². The zero-order valence-electron chi connectivity index (χ0n) is 28.1. The highest BCUT2D eigenvalue weighted by molar-refractivity contribution is 8.08. The Morgan fingerprint density at radius 3 is 2.13 bits per heavy atom. The molecule has 2 aliphatic heterocycles. The van der Waals surface area contributed by atoms with Crippen molar-refractivity contribution < 1.29 is 9.59 Å². The standard InChI is InChI=1S/C34H51N5O2S4/c1-9-11-18-38(19-12-10-2)32-35-33(42-21(3)4)37-34(36-32)45-30-25(8)43-23(6)24(7)44-29(30)22(5)27-20-28(40)39(31(27)41)26-16-14-13-15-17-26/h13-17,21-25,27,29-30H,9-12,18-20H2,1-8H3. The number of nitrogens with zero attached hydrogens (tertiary/aromatic N) is 5. The average molecular weight is 690 g/mol. The van der Waals surface area contributed by atoms with Crippen LogP contribution >= 0.6 is 47.0 Å². The molecule has 2 fully saturated rings. The second kappa shape index (κ2) is 17.1. The topological polar surface area (TPSA) is 79.3 Å². The molecular formula is C34H51N5O2S4. The number of carbonyl (C=O) groups is 2. The fraction of sp³-hybridized carbons (Fsp3) is 0.676. The molecule has 2 saturated heterocycles. The average Bonchev–Trinajstić information content (AvgIpc) is 3.26. The molecule has 1 aromatic carbocycles. The molecule has 2 aromatic rings. The predicted molar refractivity (Wildman–Crippen MR) is 196 cm³/mol. The van der Waals surface area contributed by atoms with Gasteiger partial charge >= 0.3 is 0 Å². The predicted octanol–water partition coefficient (Wildman–Crippen LogP) is 8.47. The zero-order valence-corrected chi connectivity index (χ0v) is 31.4. The van der Waals surface area contributed by atoms with Crippen LogP contribution in [0.4, 0.5) is 11.6 Å². The van der Waals surface area contributed by atoms with Crippen molar-refractivity contribution >= 4 is 70.5 Å². The molecule has 1 aromatic heterocycles. The summed E-state index contributed by atoms with van der Waals surface area (Å²) in [6.45, 7) is 19.8. The van der Waals surface area contributed by atoms with Gasteiger partial charge < -0.3 is 4.90 Å². The van der Waals surface area contributed by atoms with Crippen molar-refractivity contribution in [3.05, 3.63) is 30.3 Å². The summed E-state index contributed by atoms with van der Waals surface area (Å²) in [6, 6.07) is 9.36. The maximum atomic E-state index is 13.9. The van der Waals surface area contributed by atoms with Crippen LogP contribution in [0.2, 0.25) is 0 Å². The molecule has 0 radical (unpaired) electrons. The summed E-state index contributed by atoms with van der Waals surface area (Å²) in [4.78, 5) is 45.9. The maximum absolute atomic E-state index is 13.9. The van der Waals surface area contributed by atoms with Crippen molar-refractivity contribution in [2.24, 2.45) is 11.8 Å². The van der Waals surface area contributed by atoms with Crippen LogP contribution in [0.5, 0.6) is 0 Å². The van der Waals surface area contributed by atoms with E-state index in [1.807, 2.05) is 53.9 Å². The Balaban J connectivity index is 1.68. The minimum Gasteiger partial charge on any atom is -0.341 e. The molecule has 2 amide bonds. The highest BCUT2D eigenvalue weighted by Gasteiger charge is 2.48. The van der Waals surface area contributed by atoms with Gasteiger partial charge in [0, 0.05) is 51.0 Å². The minimum atomic E-state index is -0.351. The van der Waals surface area contributed by atoms with Gasteiger partial charge in [-0.05, 0) is 30.9 Å². The number of hydrogen-bond donors (Lipinski definition) is 0. The van der Waals surface area contributed by atoms with E-state index in [1.54, 1.807) is 23.5 Å². The fourth-order valence-corrected chi connectivity index (χ4v) is 11.7. The largest absolute Gasteiger partial charge is 0.341 e. The van der Waals surface area contributed by atoms with Crippen molar-refractivity contribution in [3.8, 4) is 0 Å². The minimum absolute atomic E-state index is 0.00452. The van der Waals surface area contributed by atoms with Crippen LogP contribution < -0.4 is 9.80 Å². The number of benzene rings is 1. The van der Waals surface area contributed by atoms with E-state index in [9.17, 15) is 9.59 Å². The quantitative estimate of drug-likeness (QED) is 0.142. The number of hydrogen-bond acceptors (Lipinski definition) is 10. The van der Waals surface area contributed by atoms with Gasteiger partial charge in [-0.15, -0.1) is 0 Å². The van der Waals surface area contributed by atoms with E-state index in [1.165, 1.54) is 4.90 Å². The Kier molecular flexibility index (Phi) is 13.8. The van der Waals surface area contributed by atoms with Gasteiger partial charge in [0.25, 0.3) is 0 Å². The lowest BCUT2D eigenvalue weighted by Crippen LogP contribution is -2.40. The highest BCUT2D eigenvalue weighted by atomic mass is 32.2. The monoisotopic (exact) mass is 689 g/mol. The smallest absolute Gasteiger partial charge is 0.237 e. The number of aromatic nitrogens is 3. The summed E-state index contributed by atoms with van der Waals surface area (Å²) in [5.41, 5.74) is 0.663. The zero-order chi connectivity index (χ0) is 32.7. The Morgan fingerprint density at radius 1 is 0.889 bits per heavy atom. The molecule has 7 unspecified atom stereocenters. The number of thioether (sulfide) groups is 4. The lowest BCUT2D eigenvalue weighted by atomic mass is 9.87. The molecule has 7 nitrogen and oxygen atoms in total. The molecule has 0 spiro atoms. The van der Waals surface area contributed by atoms with Crippen molar-refractivity contribution in [2.45, 2.75) is 129 Å². The summed E-state index contributed by atoms with van der Waals surface area (Å²) in [5, 5.41) is 3.38. The number of amides is 2. The first-order valence-corrected chi connectivity index (χ1v) is 20.3. The first-order chi connectivity index (χ1) is 21.5. The van der Waals surface area contributed by atoms with Gasteiger partial charge in [0.1, 0.15) is 0 Å². The number of imide groups is 1. The molecule has 0 aliphatic carbocycles. The van der Waals surface area contributed by atoms with Crippen molar-refractivity contribution in [1.29, 1.82) is 0 Å². The molecular weight excluding hydrogens is 639 g/mol. The van der Waals surface area contributed by atoms with E-state index in [2.05, 4.69) is 60.3 Å². The van der Waals surface area contributed by atoms with Crippen LogP contribution in [0.25, 0.3) is 0 Å². The second-order valence-corrected chi connectivity index (χ2v) is 18.6. The third-order valence-corrected chi connectivity index (χ3v) is 14.8. The molecule has 7 atom stereocenters. The fourth-order valence-electron chi connectivity index (χ4n) is 5.88. The van der Waals surface area contributed by atoms with Gasteiger partial charge in [0.2, 0.25) is 17.8 Å². The molecule has 0 N–H and O–H groups in total. The van der Waals surface area contributed by atoms with Crippen LogP contribution in [0.3, 0.4) is 0 Å². The number of unbranched alkanes of at least 4 members (excludes halogenated alkanes) is 2. The number of para-hydroxylation sites is 1. The van der Waals surface area contributed by atoms with Gasteiger partial charge in [-0.2, -0.15) is 38.5 Å². The number of rotatable bonds is 14. The second-order valence-electron chi connectivity index (χ2n) is 12.6. The first kappa shape index (κ1) is 36.4. The Bertz CT molecular complexity index is 1260. The molecule has 3 heterocycles. The molecule has 2 aliphatic rings. The van der Waals surface area contributed by atoms with E-state index < -0.39 is 0 Å². The van der Waals surface area contributed by atoms with Crippen molar-refractivity contribution in [3.63, 3.8) is 0 Å². The van der Waals surface area contributed by atoms with Crippen LogP contribution in [-0.4, -0.2) is 71.4 Å². The van der Waals surface area contributed by atoms with Crippen LogP contribution in [-0.2, 0) is 9.59 Å². The Hall–Kier alpha value is -1.43. The summed E-state index contributed by atoms with van der Waals surface area (Å²) < 4.78 is 0. The SMILES string of the molecule is CCCCN(CCCC)c1nc(SC(C)C)nc(SC2C(C)SC(C)C(C)SC2C(C)C2CC(=O)N(c3ccccc3)C2=O)n1. The third kappa shape index (κ3) is 9.35.